The molecule has 2 aliphatic rings. The monoisotopic (exact) mass is 476 g/mol. The van der Waals surface area contributed by atoms with Crippen molar-refractivity contribution >= 4 is 57.7 Å². The Bertz CT molecular complexity index is 996. The lowest BCUT2D eigenvalue weighted by Crippen LogP contribution is -2.56. The van der Waals surface area contributed by atoms with Crippen molar-refractivity contribution in [3.63, 3.8) is 0 Å². The molecular formula is C21H24N4O3S3. The molecule has 0 saturated carbocycles. The van der Waals surface area contributed by atoms with Crippen LogP contribution in [0.15, 0.2) is 35.8 Å². The van der Waals surface area contributed by atoms with Crippen LogP contribution in [0.2, 0.25) is 0 Å². The summed E-state index contributed by atoms with van der Waals surface area (Å²) in [6.07, 6.45) is 4.06. The van der Waals surface area contributed by atoms with Gasteiger partial charge in [0.05, 0.1) is 0 Å². The Morgan fingerprint density at radius 2 is 2.10 bits per heavy atom. The van der Waals surface area contributed by atoms with Crippen LogP contribution < -0.4 is 10.6 Å². The number of anilines is 1. The minimum atomic E-state index is -0.705. The van der Waals surface area contributed by atoms with Gasteiger partial charge in [0.2, 0.25) is 11.8 Å². The van der Waals surface area contributed by atoms with Gasteiger partial charge in [0.15, 0.2) is 5.13 Å². The van der Waals surface area contributed by atoms with Crippen molar-refractivity contribution in [2.45, 2.75) is 42.5 Å². The number of aromatic nitrogens is 1. The molecule has 1 saturated heterocycles. The van der Waals surface area contributed by atoms with E-state index in [1.165, 1.54) is 11.3 Å². The maximum absolute atomic E-state index is 13.5. The summed E-state index contributed by atoms with van der Waals surface area (Å²) in [5, 5.41) is 7.78. The Morgan fingerprint density at radius 3 is 2.81 bits per heavy atom. The van der Waals surface area contributed by atoms with E-state index in [0.717, 1.165) is 11.3 Å². The number of benzene rings is 1. The van der Waals surface area contributed by atoms with Crippen molar-refractivity contribution < 1.29 is 14.4 Å². The van der Waals surface area contributed by atoms with Gasteiger partial charge in [-0.3, -0.25) is 14.4 Å². The lowest BCUT2D eigenvalue weighted by molar-refractivity contribution is -0.130. The third-order valence-corrected chi connectivity index (χ3v) is 8.32. The highest BCUT2D eigenvalue weighted by molar-refractivity contribution is 8.01. The van der Waals surface area contributed by atoms with Gasteiger partial charge >= 0.3 is 0 Å². The van der Waals surface area contributed by atoms with E-state index in [2.05, 4.69) is 15.6 Å². The molecule has 2 aromatic rings. The zero-order chi connectivity index (χ0) is 22.2. The van der Waals surface area contributed by atoms with Gasteiger partial charge in [0.1, 0.15) is 17.5 Å². The Labute approximate surface area is 193 Å². The molecule has 3 heterocycles. The maximum Gasteiger partial charge on any atom is 0.256 e. The number of thioether (sulfide) groups is 2. The van der Waals surface area contributed by atoms with Gasteiger partial charge in [-0.25, -0.2) is 4.98 Å². The lowest BCUT2D eigenvalue weighted by Gasteiger charge is -2.31. The van der Waals surface area contributed by atoms with Crippen molar-refractivity contribution in [1.29, 1.82) is 0 Å². The second-order valence-corrected chi connectivity index (χ2v) is 11.6. The molecule has 3 amide bonds. The topological polar surface area (TPSA) is 91.4 Å². The zero-order valence-electron chi connectivity index (χ0n) is 17.5. The molecule has 0 bridgehead atoms. The normalized spacial score (nSPS) is 22.0. The number of fused-ring (bicyclic) bond motifs is 3. The minimum Gasteiger partial charge on any atom is -0.342 e. The van der Waals surface area contributed by atoms with Gasteiger partial charge in [-0.15, -0.1) is 23.1 Å². The molecule has 1 aromatic carbocycles. The summed E-state index contributed by atoms with van der Waals surface area (Å²) in [7, 11) is 0. The number of thiazole rings is 1. The van der Waals surface area contributed by atoms with E-state index in [1.807, 2.05) is 38.3 Å². The first-order valence-electron chi connectivity index (χ1n) is 9.92. The number of carbonyl (C=O) groups excluding carboxylic acids is 3. The van der Waals surface area contributed by atoms with Crippen LogP contribution in [0, 0.1) is 0 Å². The molecule has 3 atom stereocenters. The van der Waals surface area contributed by atoms with E-state index >= 15 is 0 Å². The van der Waals surface area contributed by atoms with Crippen LogP contribution in [-0.4, -0.2) is 56.4 Å². The summed E-state index contributed by atoms with van der Waals surface area (Å²) >= 11 is 4.54. The molecule has 31 heavy (non-hydrogen) atoms. The van der Waals surface area contributed by atoms with Crippen LogP contribution in [-0.2, 0) is 9.59 Å². The molecule has 4 rings (SSSR count). The van der Waals surface area contributed by atoms with Gasteiger partial charge in [0, 0.05) is 21.9 Å². The van der Waals surface area contributed by atoms with Gasteiger partial charge < -0.3 is 15.5 Å². The lowest BCUT2D eigenvalue weighted by atomic mass is 10.00. The molecule has 10 heteroatoms. The fraction of sp³-hybridized carbons (Fsp3) is 0.429. The predicted octanol–water partition coefficient (Wildman–Crippen LogP) is 3.37. The van der Waals surface area contributed by atoms with Gasteiger partial charge in [-0.2, -0.15) is 11.8 Å². The zero-order valence-corrected chi connectivity index (χ0v) is 19.9. The van der Waals surface area contributed by atoms with E-state index in [1.54, 1.807) is 46.1 Å². The fourth-order valence-corrected chi connectivity index (χ4v) is 6.63. The van der Waals surface area contributed by atoms with Crippen LogP contribution in [0.1, 0.15) is 41.6 Å². The summed E-state index contributed by atoms with van der Waals surface area (Å²) in [6, 6.07) is 6.13. The Balaban J connectivity index is 1.55. The molecule has 1 aromatic heterocycles. The summed E-state index contributed by atoms with van der Waals surface area (Å²) < 4.78 is -0.492. The first-order chi connectivity index (χ1) is 14.8. The summed E-state index contributed by atoms with van der Waals surface area (Å²) in [5.41, 5.74) is 1.59. The van der Waals surface area contributed by atoms with Gasteiger partial charge in [-0.1, -0.05) is 18.2 Å². The summed E-state index contributed by atoms with van der Waals surface area (Å²) in [5.74, 6) is -0.0166. The number of amides is 3. The standard InChI is InChI=1S/C21H24N4O3S3/c1-21(2)15(25-18(28)12-6-4-5-7-13(12)19(25)31-21)17(27)23-14(8-10-29-3)16(26)24-20-22-9-11-30-20/h4-7,9,11,14-15,19H,8,10H2,1-3H3,(H,23,27)(H,22,24,26)/t14-,15+,19+/m0/s1. The summed E-state index contributed by atoms with van der Waals surface area (Å²) in [6.45, 7) is 3.95. The Hall–Kier alpha value is -2.04. The quantitative estimate of drug-likeness (QED) is 0.637. The highest BCUT2D eigenvalue weighted by Crippen LogP contribution is 2.56. The van der Waals surface area contributed by atoms with Crippen molar-refractivity contribution in [3.8, 4) is 0 Å². The number of rotatable bonds is 7. The van der Waals surface area contributed by atoms with Crippen molar-refractivity contribution in [2.75, 3.05) is 17.3 Å². The predicted molar refractivity (Wildman–Crippen MR) is 126 cm³/mol. The van der Waals surface area contributed by atoms with Crippen LogP contribution >= 0.6 is 34.9 Å². The van der Waals surface area contributed by atoms with E-state index in [0.29, 0.717) is 17.1 Å². The largest absolute Gasteiger partial charge is 0.342 e. The number of hydrogen-bond donors (Lipinski definition) is 2. The molecule has 2 N–H and O–H groups in total. The van der Waals surface area contributed by atoms with Gasteiger partial charge in [0.25, 0.3) is 5.91 Å². The van der Waals surface area contributed by atoms with Crippen LogP contribution in [0.3, 0.4) is 0 Å². The number of nitrogens with one attached hydrogen (secondary N) is 2. The minimum absolute atomic E-state index is 0.133. The molecular weight excluding hydrogens is 452 g/mol. The summed E-state index contributed by atoms with van der Waals surface area (Å²) in [4.78, 5) is 45.2. The highest BCUT2D eigenvalue weighted by atomic mass is 32.2. The molecule has 0 radical (unpaired) electrons. The third-order valence-electron chi connectivity index (χ3n) is 5.45. The van der Waals surface area contributed by atoms with Crippen molar-refractivity contribution in [3.05, 3.63) is 47.0 Å². The molecule has 0 unspecified atom stereocenters. The SMILES string of the molecule is CSCC[C@H](NC(=O)[C@H]1N2C(=O)c3ccccc3[C@H]2SC1(C)C)C(=O)Nc1nccs1. The number of carbonyl (C=O) groups is 3. The van der Waals surface area contributed by atoms with E-state index in [4.69, 9.17) is 0 Å². The Morgan fingerprint density at radius 1 is 1.32 bits per heavy atom. The van der Waals surface area contributed by atoms with Crippen LogP contribution in [0.4, 0.5) is 5.13 Å². The van der Waals surface area contributed by atoms with E-state index in [-0.39, 0.29) is 23.1 Å². The van der Waals surface area contributed by atoms with Crippen molar-refractivity contribution in [1.82, 2.24) is 15.2 Å². The molecule has 7 nitrogen and oxygen atoms in total. The van der Waals surface area contributed by atoms with E-state index in [9.17, 15) is 14.4 Å². The molecule has 0 aliphatic carbocycles. The van der Waals surface area contributed by atoms with E-state index < -0.39 is 16.8 Å². The number of hydrogen-bond acceptors (Lipinski definition) is 7. The third kappa shape index (κ3) is 4.20. The second kappa shape index (κ2) is 8.84. The van der Waals surface area contributed by atoms with Crippen LogP contribution in [0.5, 0.6) is 0 Å². The first kappa shape index (κ1) is 22.2. The number of nitrogens with zero attached hydrogens (tertiary/aromatic N) is 2. The second-order valence-electron chi connectivity index (χ2n) is 7.95. The maximum atomic E-state index is 13.5. The van der Waals surface area contributed by atoms with Crippen molar-refractivity contribution in [2.24, 2.45) is 0 Å². The molecule has 1 fully saturated rings. The van der Waals surface area contributed by atoms with Gasteiger partial charge in [-0.05, 0) is 43.9 Å². The average molecular weight is 477 g/mol. The smallest absolute Gasteiger partial charge is 0.256 e. The first-order valence-corrected chi connectivity index (χ1v) is 13.1. The Kier molecular flexibility index (Phi) is 6.32. The molecule has 164 valence electrons. The molecule has 2 aliphatic heterocycles. The fourth-order valence-electron chi connectivity index (χ4n) is 4.04. The average Bonchev–Trinajstić information content (AvgIpc) is 3.41. The highest BCUT2D eigenvalue weighted by Gasteiger charge is 2.57. The van der Waals surface area contributed by atoms with Crippen LogP contribution in [0.25, 0.3) is 0 Å². The molecule has 0 spiro atoms.